The number of nitriles is 1. The molecule has 1 aliphatic heterocycles. The molecule has 0 spiro atoms. The first-order chi connectivity index (χ1) is 10.7. The monoisotopic (exact) mass is 300 g/mol. The molecular formula is C16H17FN4O. The predicted octanol–water partition coefficient (Wildman–Crippen LogP) is 2.32. The fourth-order valence-corrected chi connectivity index (χ4v) is 2.69. The van der Waals surface area contributed by atoms with Crippen molar-refractivity contribution >= 4 is 5.69 Å². The minimum Gasteiger partial charge on any atom is -0.367 e. The van der Waals surface area contributed by atoms with Gasteiger partial charge in [-0.05, 0) is 25.1 Å². The molecule has 2 aromatic rings. The number of anilines is 1. The number of aromatic nitrogens is 1. The third-order valence-electron chi connectivity index (χ3n) is 3.85. The Morgan fingerprint density at radius 1 is 1.27 bits per heavy atom. The lowest BCUT2D eigenvalue weighted by molar-refractivity contribution is 0.219. The van der Waals surface area contributed by atoms with E-state index in [2.05, 4.69) is 10.1 Å². The molecule has 0 radical (unpaired) electrons. The Bertz CT molecular complexity index is 698. The molecule has 114 valence electrons. The van der Waals surface area contributed by atoms with Crippen LogP contribution in [0.5, 0.6) is 0 Å². The topological polar surface area (TPSA) is 56.3 Å². The molecule has 0 unspecified atom stereocenters. The fourth-order valence-electron chi connectivity index (χ4n) is 2.69. The third-order valence-corrected chi connectivity index (χ3v) is 3.85. The van der Waals surface area contributed by atoms with Crippen LogP contribution in [0, 0.1) is 24.1 Å². The second-order valence-electron chi connectivity index (χ2n) is 5.48. The van der Waals surface area contributed by atoms with Crippen molar-refractivity contribution in [1.29, 1.82) is 5.26 Å². The Balaban J connectivity index is 1.61. The minimum absolute atomic E-state index is 0.335. The van der Waals surface area contributed by atoms with Crippen molar-refractivity contribution in [2.24, 2.45) is 0 Å². The van der Waals surface area contributed by atoms with E-state index in [1.54, 1.807) is 12.1 Å². The van der Waals surface area contributed by atoms with Gasteiger partial charge < -0.3 is 9.42 Å². The van der Waals surface area contributed by atoms with E-state index in [-0.39, 0.29) is 5.82 Å². The van der Waals surface area contributed by atoms with Crippen molar-refractivity contribution in [3.05, 3.63) is 47.1 Å². The van der Waals surface area contributed by atoms with Crippen LogP contribution in [0.4, 0.5) is 10.1 Å². The number of nitrogens with zero attached hydrogens (tertiary/aromatic N) is 4. The second-order valence-corrected chi connectivity index (χ2v) is 5.48. The number of benzene rings is 1. The SMILES string of the molecule is Cc1cc(CN2CCN(c3ccc(C#N)cc3F)CC2)on1. The van der Waals surface area contributed by atoms with Crippen LogP contribution in [0.3, 0.4) is 0 Å². The molecule has 1 aromatic carbocycles. The molecule has 0 N–H and O–H groups in total. The largest absolute Gasteiger partial charge is 0.367 e. The first-order valence-electron chi connectivity index (χ1n) is 7.25. The fraction of sp³-hybridized carbons (Fsp3) is 0.375. The number of piperazine rings is 1. The van der Waals surface area contributed by atoms with Gasteiger partial charge in [0.25, 0.3) is 0 Å². The second kappa shape index (κ2) is 6.16. The molecular weight excluding hydrogens is 283 g/mol. The lowest BCUT2D eigenvalue weighted by Crippen LogP contribution is -2.46. The summed E-state index contributed by atoms with van der Waals surface area (Å²) in [6, 6.07) is 8.52. The molecule has 2 heterocycles. The Morgan fingerprint density at radius 2 is 2.05 bits per heavy atom. The summed E-state index contributed by atoms with van der Waals surface area (Å²) in [4.78, 5) is 4.27. The Morgan fingerprint density at radius 3 is 2.64 bits per heavy atom. The van der Waals surface area contributed by atoms with E-state index < -0.39 is 0 Å². The Kier molecular flexibility index (Phi) is 4.07. The maximum Gasteiger partial charge on any atom is 0.150 e. The van der Waals surface area contributed by atoms with E-state index in [1.807, 2.05) is 24.0 Å². The van der Waals surface area contributed by atoms with Gasteiger partial charge in [0.2, 0.25) is 0 Å². The maximum atomic E-state index is 14.0. The van der Waals surface area contributed by atoms with Crippen molar-refractivity contribution in [2.75, 3.05) is 31.1 Å². The van der Waals surface area contributed by atoms with Crippen molar-refractivity contribution in [1.82, 2.24) is 10.1 Å². The van der Waals surface area contributed by atoms with Crippen LogP contribution in [0.25, 0.3) is 0 Å². The average Bonchev–Trinajstić information content (AvgIpc) is 2.93. The van der Waals surface area contributed by atoms with Crippen LogP contribution in [-0.2, 0) is 6.54 Å². The molecule has 0 aliphatic carbocycles. The molecule has 1 aliphatic rings. The molecule has 22 heavy (non-hydrogen) atoms. The molecule has 1 aromatic heterocycles. The maximum absolute atomic E-state index is 14.0. The summed E-state index contributed by atoms with van der Waals surface area (Å²) >= 11 is 0. The zero-order valence-electron chi connectivity index (χ0n) is 12.4. The summed E-state index contributed by atoms with van der Waals surface area (Å²) in [6.45, 7) is 5.79. The molecule has 6 heteroatoms. The normalized spacial score (nSPS) is 15.8. The standard InChI is InChI=1S/C16H17FN4O/c1-12-8-14(22-19-12)11-20-4-6-21(7-5-20)16-3-2-13(10-18)9-15(16)17/h2-3,8-9H,4-7,11H2,1H3. The summed E-state index contributed by atoms with van der Waals surface area (Å²) < 4.78 is 19.3. The first-order valence-corrected chi connectivity index (χ1v) is 7.25. The van der Waals surface area contributed by atoms with Crippen LogP contribution in [0.15, 0.2) is 28.8 Å². The van der Waals surface area contributed by atoms with Gasteiger partial charge in [-0.1, -0.05) is 5.16 Å². The van der Waals surface area contributed by atoms with Crippen molar-refractivity contribution < 1.29 is 8.91 Å². The number of rotatable bonds is 3. The Labute approximate surface area is 128 Å². The van der Waals surface area contributed by atoms with Crippen molar-refractivity contribution in [3.8, 4) is 6.07 Å². The lowest BCUT2D eigenvalue weighted by atomic mass is 10.2. The van der Waals surface area contributed by atoms with E-state index >= 15 is 0 Å². The van der Waals surface area contributed by atoms with Crippen molar-refractivity contribution in [2.45, 2.75) is 13.5 Å². The van der Waals surface area contributed by atoms with Gasteiger partial charge in [-0.15, -0.1) is 0 Å². The summed E-state index contributed by atoms with van der Waals surface area (Å²) in [5, 5.41) is 12.7. The highest BCUT2D eigenvalue weighted by Gasteiger charge is 2.20. The number of hydrogen-bond acceptors (Lipinski definition) is 5. The van der Waals surface area contributed by atoms with Gasteiger partial charge in [0.05, 0.1) is 29.6 Å². The van der Waals surface area contributed by atoms with Gasteiger partial charge in [0, 0.05) is 32.2 Å². The summed E-state index contributed by atoms with van der Waals surface area (Å²) in [5.41, 5.74) is 1.79. The molecule has 1 fully saturated rings. The van der Waals surface area contributed by atoms with E-state index in [1.165, 1.54) is 6.07 Å². The van der Waals surface area contributed by atoms with Gasteiger partial charge in [-0.3, -0.25) is 4.90 Å². The number of aryl methyl sites for hydroxylation is 1. The smallest absolute Gasteiger partial charge is 0.150 e. The lowest BCUT2D eigenvalue weighted by Gasteiger charge is -2.35. The molecule has 0 bridgehead atoms. The van der Waals surface area contributed by atoms with Gasteiger partial charge >= 0.3 is 0 Å². The van der Waals surface area contributed by atoms with Gasteiger partial charge in [-0.2, -0.15) is 5.26 Å². The van der Waals surface area contributed by atoms with Crippen LogP contribution in [0.2, 0.25) is 0 Å². The minimum atomic E-state index is -0.335. The number of halogens is 1. The molecule has 0 amide bonds. The zero-order valence-corrected chi connectivity index (χ0v) is 12.4. The van der Waals surface area contributed by atoms with E-state index in [4.69, 9.17) is 9.78 Å². The van der Waals surface area contributed by atoms with Crippen LogP contribution in [-0.4, -0.2) is 36.2 Å². The highest BCUT2D eigenvalue weighted by molar-refractivity contribution is 5.51. The van der Waals surface area contributed by atoms with E-state index in [0.717, 1.165) is 44.2 Å². The van der Waals surface area contributed by atoms with Gasteiger partial charge in [0.15, 0.2) is 5.76 Å². The molecule has 5 nitrogen and oxygen atoms in total. The van der Waals surface area contributed by atoms with Crippen LogP contribution >= 0.6 is 0 Å². The number of hydrogen-bond donors (Lipinski definition) is 0. The molecule has 0 atom stereocenters. The van der Waals surface area contributed by atoms with Gasteiger partial charge in [0.1, 0.15) is 5.82 Å². The summed E-state index contributed by atoms with van der Waals surface area (Å²) in [5.74, 6) is 0.522. The Hall–Kier alpha value is -2.39. The van der Waals surface area contributed by atoms with E-state index in [9.17, 15) is 4.39 Å². The quantitative estimate of drug-likeness (QED) is 0.870. The summed E-state index contributed by atoms with van der Waals surface area (Å²) in [7, 11) is 0. The van der Waals surface area contributed by atoms with Crippen LogP contribution < -0.4 is 4.90 Å². The first kappa shape index (κ1) is 14.5. The zero-order chi connectivity index (χ0) is 15.5. The molecule has 3 rings (SSSR count). The summed E-state index contributed by atoms with van der Waals surface area (Å²) in [6.07, 6.45) is 0. The van der Waals surface area contributed by atoms with Gasteiger partial charge in [-0.25, -0.2) is 4.39 Å². The van der Waals surface area contributed by atoms with Crippen LogP contribution in [0.1, 0.15) is 17.0 Å². The third kappa shape index (κ3) is 3.10. The van der Waals surface area contributed by atoms with Crippen molar-refractivity contribution in [3.63, 3.8) is 0 Å². The molecule has 1 saturated heterocycles. The molecule has 0 saturated carbocycles. The highest BCUT2D eigenvalue weighted by atomic mass is 19.1. The highest BCUT2D eigenvalue weighted by Crippen LogP contribution is 2.22. The average molecular weight is 300 g/mol. The van der Waals surface area contributed by atoms with E-state index in [0.29, 0.717) is 11.3 Å². The predicted molar refractivity (Wildman–Crippen MR) is 79.8 cm³/mol.